The number of thioether (sulfide) groups is 1. The van der Waals surface area contributed by atoms with Gasteiger partial charge in [-0.25, -0.2) is 14.2 Å². The molecule has 0 unspecified atom stereocenters. The first-order valence-electron chi connectivity index (χ1n) is 5.25. The van der Waals surface area contributed by atoms with Crippen LogP contribution in [-0.4, -0.2) is 16.1 Å². The zero-order valence-corrected chi connectivity index (χ0v) is 13.0. The van der Waals surface area contributed by atoms with Crippen molar-refractivity contribution in [2.75, 3.05) is 0 Å². The molecule has 0 fully saturated rings. The number of carboxylic acids is 1. The summed E-state index contributed by atoms with van der Waals surface area (Å²) in [5.41, 5.74) is 1.33. The number of hydrogen-bond donors (Lipinski definition) is 1. The van der Waals surface area contributed by atoms with E-state index in [1.807, 2.05) is 6.07 Å². The molecule has 0 bridgehead atoms. The number of nitrogens with zero attached hydrogens (tertiary/aromatic N) is 1. The minimum Gasteiger partial charge on any atom is -0.477 e. The molecule has 19 heavy (non-hydrogen) atoms. The molecule has 1 aromatic carbocycles. The Balaban J connectivity index is 2.13. The number of rotatable bonds is 4. The molecule has 3 nitrogen and oxygen atoms in total. The number of carboxylic acid groups (broad SMARTS) is 1. The maximum absolute atomic E-state index is 13.3. The lowest BCUT2D eigenvalue weighted by atomic mass is 10.2. The van der Waals surface area contributed by atoms with Gasteiger partial charge in [-0.2, -0.15) is 0 Å². The molecular formula is C12H9BrFNO2S2. The van der Waals surface area contributed by atoms with Gasteiger partial charge in [-0.05, 0) is 34.5 Å². The molecule has 0 spiro atoms. The van der Waals surface area contributed by atoms with Crippen LogP contribution < -0.4 is 0 Å². The molecular weight excluding hydrogens is 353 g/mol. The fraction of sp³-hybridized carbons (Fsp3) is 0.167. The van der Waals surface area contributed by atoms with Crippen LogP contribution in [0, 0.1) is 12.7 Å². The van der Waals surface area contributed by atoms with E-state index in [9.17, 15) is 9.18 Å². The summed E-state index contributed by atoms with van der Waals surface area (Å²) in [5.74, 6) is -0.738. The van der Waals surface area contributed by atoms with Gasteiger partial charge in [-0.1, -0.05) is 23.9 Å². The normalized spacial score (nSPS) is 10.7. The summed E-state index contributed by atoms with van der Waals surface area (Å²) in [6, 6.07) is 4.85. The summed E-state index contributed by atoms with van der Waals surface area (Å²) in [7, 11) is 0. The standard InChI is InChI=1S/C12H9BrFNO2S2/c1-6-10(11(16)17)19-12(15-6)18-5-7-3-2-4-8(14)9(7)13/h2-4H,5H2,1H3,(H,16,17). The van der Waals surface area contributed by atoms with Gasteiger partial charge >= 0.3 is 5.97 Å². The minimum absolute atomic E-state index is 0.251. The predicted octanol–water partition coefficient (Wildman–Crippen LogP) is 4.34. The summed E-state index contributed by atoms with van der Waals surface area (Å²) in [5, 5.41) is 8.95. The maximum Gasteiger partial charge on any atom is 0.347 e. The second-order valence-electron chi connectivity index (χ2n) is 3.70. The average Bonchev–Trinajstić information content (AvgIpc) is 2.73. The highest BCUT2D eigenvalue weighted by molar-refractivity contribution is 9.10. The molecule has 0 amide bonds. The first kappa shape index (κ1) is 14.5. The Hall–Kier alpha value is -0.920. The third kappa shape index (κ3) is 3.34. The Morgan fingerprint density at radius 3 is 2.95 bits per heavy atom. The van der Waals surface area contributed by atoms with E-state index in [2.05, 4.69) is 20.9 Å². The van der Waals surface area contributed by atoms with E-state index in [4.69, 9.17) is 5.11 Å². The number of aromatic carboxylic acids is 1. The third-order valence-corrected chi connectivity index (χ3v) is 5.58. The fourth-order valence-electron chi connectivity index (χ4n) is 1.43. The van der Waals surface area contributed by atoms with Crippen molar-refractivity contribution in [3.8, 4) is 0 Å². The highest BCUT2D eigenvalue weighted by Crippen LogP contribution is 2.32. The molecule has 0 atom stereocenters. The fourth-order valence-corrected chi connectivity index (χ4v) is 4.04. The third-order valence-electron chi connectivity index (χ3n) is 2.35. The number of aryl methyl sites for hydroxylation is 1. The average molecular weight is 362 g/mol. The first-order chi connectivity index (χ1) is 8.99. The molecule has 1 aromatic heterocycles. The number of halogens is 2. The smallest absolute Gasteiger partial charge is 0.347 e. The van der Waals surface area contributed by atoms with Gasteiger partial charge in [0.1, 0.15) is 10.7 Å². The van der Waals surface area contributed by atoms with Crippen molar-refractivity contribution >= 4 is 45.0 Å². The molecule has 0 saturated carbocycles. The monoisotopic (exact) mass is 361 g/mol. The van der Waals surface area contributed by atoms with Gasteiger partial charge in [-0.3, -0.25) is 0 Å². The molecule has 1 heterocycles. The molecule has 100 valence electrons. The summed E-state index contributed by atoms with van der Waals surface area (Å²) in [6.07, 6.45) is 0. The van der Waals surface area contributed by atoms with Crippen LogP contribution in [0.3, 0.4) is 0 Å². The molecule has 0 aliphatic carbocycles. The Bertz CT molecular complexity index is 630. The molecule has 0 saturated heterocycles. The van der Waals surface area contributed by atoms with Gasteiger partial charge < -0.3 is 5.11 Å². The van der Waals surface area contributed by atoms with Crippen LogP contribution in [0.2, 0.25) is 0 Å². The second-order valence-corrected chi connectivity index (χ2v) is 6.72. The molecule has 0 radical (unpaired) electrons. The van der Waals surface area contributed by atoms with Crippen molar-refractivity contribution in [1.29, 1.82) is 0 Å². The summed E-state index contributed by atoms with van der Waals surface area (Å²) in [6.45, 7) is 1.67. The number of carbonyl (C=O) groups is 1. The summed E-state index contributed by atoms with van der Waals surface area (Å²) >= 11 is 5.73. The molecule has 0 aliphatic rings. The second kappa shape index (κ2) is 6.02. The first-order valence-corrected chi connectivity index (χ1v) is 7.85. The van der Waals surface area contributed by atoms with E-state index >= 15 is 0 Å². The van der Waals surface area contributed by atoms with Crippen LogP contribution >= 0.6 is 39.0 Å². The van der Waals surface area contributed by atoms with Crippen molar-refractivity contribution < 1.29 is 14.3 Å². The van der Waals surface area contributed by atoms with E-state index in [0.717, 1.165) is 16.9 Å². The quantitative estimate of drug-likeness (QED) is 0.822. The molecule has 2 rings (SSSR count). The number of hydrogen-bond acceptors (Lipinski definition) is 4. The Morgan fingerprint density at radius 2 is 2.32 bits per heavy atom. The lowest BCUT2D eigenvalue weighted by Gasteiger charge is -2.03. The van der Waals surface area contributed by atoms with Crippen molar-refractivity contribution in [3.63, 3.8) is 0 Å². The van der Waals surface area contributed by atoms with Gasteiger partial charge in [0.05, 0.1) is 10.2 Å². The van der Waals surface area contributed by atoms with Gasteiger partial charge in [0.15, 0.2) is 4.34 Å². The van der Waals surface area contributed by atoms with Crippen LogP contribution in [0.1, 0.15) is 20.9 Å². The topological polar surface area (TPSA) is 50.2 Å². The van der Waals surface area contributed by atoms with Crippen LogP contribution in [-0.2, 0) is 5.75 Å². The predicted molar refractivity (Wildman–Crippen MR) is 77.5 cm³/mol. The zero-order chi connectivity index (χ0) is 14.0. The minimum atomic E-state index is -0.964. The van der Waals surface area contributed by atoms with Crippen molar-refractivity contribution in [2.24, 2.45) is 0 Å². The number of thiazole rings is 1. The Labute approximate surface area is 126 Å². The maximum atomic E-state index is 13.3. The molecule has 0 aliphatic heterocycles. The molecule has 7 heteroatoms. The van der Waals surface area contributed by atoms with Gasteiger partial charge in [0, 0.05) is 5.75 Å². The molecule has 1 N–H and O–H groups in total. The van der Waals surface area contributed by atoms with Crippen LogP contribution in [0.15, 0.2) is 27.0 Å². The Kier molecular flexibility index (Phi) is 4.59. The van der Waals surface area contributed by atoms with E-state index in [-0.39, 0.29) is 10.7 Å². The highest BCUT2D eigenvalue weighted by atomic mass is 79.9. The zero-order valence-electron chi connectivity index (χ0n) is 9.81. The molecule has 2 aromatic rings. The van der Waals surface area contributed by atoms with Crippen LogP contribution in [0.5, 0.6) is 0 Å². The van der Waals surface area contributed by atoms with Crippen molar-refractivity contribution in [1.82, 2.24) is 4.98 Å². The lowest BCUT2D eigenvalue weighted by Crippen LogP contribution is -1.94. The van der Waals surface area contributed by atoms with Crippen LogP contribution in [0.25, 0.3) is 0 Å². The van der Waals surface area contributed by atoms with E-state index in [1.54, 1.807) is 13.0 Å². The summed E-state index contributed by atoms with van der Waals surface area (Å²) in [4.78, 5) is 15.4. The Morgan fingerprint density at radius 1 is 1.58 bits per heavy atom. The van der Waals surface area contributed by atoms with Crippen molar-refractivity contribution in [3.05, 3.63) is 44.6 Å². The summed E-state index contributed by atoms with van der Waals surface area (Å²) < 4.78 is 14.4. The van der Waals surface area contributed by atoms with E-state index in [0.29, 0.717) is 20.3 Å². The van der Waals surface area contributed by atoms with Gasteiger partial charge in [0.25, 0.3) is 0 Å². The van der Waals surface area contributed by atoms with E-state index < -0.39 is 5.97 Å². The largest absolute Gasteiger partial charge is 0.477 e. The van der Waals surface area contributed by atoms with E-state index in [1.165, 1.54) is 17.8 Å². The highest BCUT2D eigenvalue weighted by Gasteiger charge is 2.14. The van der Waals surface area contributed by atoms with Gasteiger partial charge in [0.2, 0.25) is 0 Å². The number of aromatic nitrogens is 1. The SMILES string of the molecule is Cc1nc(SCc2cccc(F)c2Br)sc1C(=O)O. The van der Waals surface area contributed by atoms with Crippen LogP contribution in [0.4, 0.5) is 4.39 Å². The number of benzene rings is 1. The van der Waals surface area contributed by atoms with Crippen molar-refractivity contribution in [2.45, 2.75) is 17.0 Å². The lowest BCUT2D eigenvalue weighted by molar-refractivity contribution is 0.0701. The van der Waals surface area contributed by atoms with Gasteiger partial charge in [-0.15, -0.1) is 11.3 Å².